The highest BCUT2D eigenvalue weighted by Gasteiger charge is 2.19. The van der Waals surface area contributed by atoms with Gasteiger partial charge in [0.15, 0.2) is 5.13 Å². The van der Waals surface area contributed by atoms with Crippen LogP contribution in [-0.2, 0) is 4.79 Å². The first-order chi connectivity index (χ1) is 8.15. The number of aliphatic carboxylic acids is 1. The first kappa shape index (κ1) is 12.3. The number of hydrogen-bond donors (Lipinski definition) is 1. The van der Waals surface area contributed by atoms with Crippen molar-refractivity contribution in [1.82, 2.24) is 9.88 Å². The molecule has 94 valence electrons. The second-order valence-electron chi connectivity index (χ2n) is 4.24. The van der Waals surface area contributed by atoms with Gasteiger partial charge in [-0.3, -0.25) is 9.69 Å². The summed E-state index contributed by atoms with van der Waals surface area (Å²) in [6.45, 7) is 6.38. The first-order valence-electron chi connectivity index (χ1n) is 5.76. The fourth-order valence-corrected chi connectivity index (χ4v) is 2.76. The van der Waals surface area contributed by atoms with Gasteiger partial charge in [-0.15, -0.1) is 11.3 Å². The van der Waals surface area contributed by atoms with E-state index in [1.807, 2.05) is 6.92 Å². The molecule has 1 aliphatic heterocycles. The summed E-state index contributed by atoms with van der Waals surface area (Å²) in [5, 5.41) is 11.8. The largest absolute Gasteiger partial charge is 0.481 e. The fraction of sp³-hybridized carbons (Fsp3) is 0.636. The molecule has 0 aromatic carbocycles. The van der Waals surface area contributed by atoms with E-state index in [2.05, 4.69) is 20.2 Å². The number of thiazole rings is 1. The molecule has 0 aliphatic carbocycles. The van der Waals surface area contributed by atoms with Crippen LogP contribution in [0.1, 0.15) is 12.1 Å². The van der Waals surface area contributed by atoms with Crippen LogP contribution >= 0.6 is 11.3 Å². The van der Waals surface area contributed by atoms with Crippen molar-refractivity contribution in [3.63, 3.8) is 0 Å². The van der Waals surface area contributed by atoms with Crippen molar-refractivity contribution >= 4 is 22.4 Å². The number of nitrogens with zero attached hydrogens (tertiary/aromatic N) is 3. The third-order valence-electron chi connectivity index (χ3n) is 2.89. The molecule has 1 saturated heterocycles. The zero-order valence-corrected chi connectivity index (χ0v) is 10.7. The van der Waals surface area contributed by atoms with E-state index in [0.29, 0.717) is 6.54 Å². The molecule has 2 heterocycles. The number of aryl methyl sites for hydroxylation is 1. The summed E-state index contributed by atoms with van der Waals surface area (Å²) >= 11 is 1.68. The number of hydrogen-bond acceptors (Lipinski definition) is 5. The highest BCUT2D eigenvalue weighted by Crippen LogP contribution is 2.21. The number of piperazine rings is 1. The van der Waals surface area contributed by atoms with E-state index in [1.54, 1.807) is 11.3 Å². The molecule has 1 N–H and O–H groups in total. The van der Waals surface area contributed by atoms with E-state index >= 15 is 0 Å². The van der Waals surface area contributed by atoms with Crippen LogP contribution in [0.2, 0.25) is 0 Å². The molecule has 0 radical (unpaired) electrons. The highest BCUT2D eigenvalue weighted by atomic mass is 32.1. The molecule has 1 aromatic heterocycles. The molecular weight excluding hydrogens is 238 g/mol. The Morgan fingerprint density at radius 1 is 1.47 bits per heavy atom. The molecule has 1 aromatic rings. The lowest BCUT2D eigenvalue weighted by molar-refractivity contribution is -0.137. The average Bonchev–Trinajstić information content (AvgIpc) is 2.74. The van der Waals surface area contributed by atoms with Gasteiger partial charge in [-0.2, -0.15) is 0 Å². The highest BCUT2D eigenvalue weighted by molar-refractivity contribution is 7.13. The molecule has 0 amide bonds. The second kappa shape index (κ2) is 5.46. The summed E-state index contributed by atoms with van der Waals surface area (Å²) in [6.07, 6.45) is 0.233. The molecule has 0 saturated carbocycles. The monoisotopic (exact) mass is 255 g/mol. The van der Waals surface area contributed by atoms with Crippen LogP contribution in [0, 0.1) is 6.92 Å². The number of aromatic nitrogens is 1. The maximum Gasteiger partial charge on any atom is 0.304 e. The SMILES string of the molecule is Cc1csc(N2CCN(CCC(=O)O)CC2)n1. The first-order valence-corrected chi connectivity index (χ1v) is 6.64. The van der Waals surface area contributed by atoms with Crippen molar-refractivity contribution in [2.24, 2.45) is 0 Å². The Morgan fingerprint density at radius 3 is 2.71 bits per heavy atom. The van der Waals surface area contributed by atoms with Gasteiger partial charge in [0.05, 0.1) is 12.1 Å². The lowest BCUT2D eigenvalue weighted by atomic mass is 10.3. The molecular formula is C11H17N3O2S. The third kappa shape index (κ3) is 3.41. The summed E-state index contributed by atoms with van der Waals surface area (Å²) in [5.41, 5.74) is 1.07. The van der Waals surface area contributed by atoms with E-state index in [1.165, 1.54) is 0 Å². The normalized spacial score (nSPS) is 17.4. The Labute approximate surface area is 105 Å². The minimum Gasteiger partial charge on any atom is -0.481 e. The summed E-state index contributed by atoms with van der Waals surface area (Å²) in [5.74, 6) is -0.719. The predicted octanol–water partition coefficient (Wildman–Crippen LogP) is 1.05. The Kier molecular flexibility index (Phi) is 3.96. The maximum absolute atomic E-state index is 10.5. The number of carboxylic acids is 1. The smallest absolute Gasteiger partial charge is 0.304 e. The minimum absolute atomic E-state index is 0.233. The lowest BCUT2D eigenvalue weighted by Gasteiger charge is -2.34. The van der Waals surface area contributed by atoms with E-state index in [4.69, 9.17) is 5.11 Å². The number of anilines is 1. The standard InChI is InChI=1S/C11H17N3O2S/c1-9-8-17-11(12-9)14-6-4-13(5-7-14)3-2-10(15)16/h8H,2-7H2,1H3,(H,15,16). The minimum atomic E-state index is -0.719. The molecule has 2 rings (SSSR count). The van der Waals surface area contributed by atoms with Gasteiger partial charge in [-0.25, -0.2) is 4.98 Å². The summed E-state index contributed by atoms with van der Waals surface area (Å²) in [6, 6.07) is 0. The van der Waals surface area contributed by atoms with Gasteiger partial charge >= 0.3 is 5.97 Å². The van der Waals surface area contributed by atoms with Crippen molar-refractivity contribution in [1.29, 1.82) is 0 Å². The zero-order valence-electron chi connectivity index (χ0n) is 9.93. The van der Waals surface area contributed by atoms with Crippen molar-refractivity contribution in [2.45, 2.75) is 13.3 Å². The average molecular weight is 255 g/mol. The summed E-state index contributed by atoms with van der Waals surface area (Å²) in [7, 11) is 0. The maximum atomic E-state index is 10.5. The molecule has 1 aliphatic rings. The number of carboxylic acid groups (broad SMARTS) is 1. The molecule has 0 spiro atoms. The topological polar surface area (TPSA) is 56.7 Å². The number of carbonyl (C=O) groups is 1. The Balaban J connectivity index is 1.80. The van der Waals surface area contributed by atoms with Gasteiger partial charge in [0.25, 0.3) is 0 Å². The molecule has 0 atom stereocenters. The van der Waals surface area contributed by atoms with Crippen LogP contribution in [0.3, 0.4) is 0 Å². The van der Waals surface area contributed by atoms with Crippen molar-refractivity contribution in [3.8, 4) is 0 Å². The van der Waals surface area contributed by atoms with E-state index in [-0.39, 0.29) is 6.42 Å². The predicted molar refractivity (Wildman–Crippen MR) is 67.8 cm³/mol. The molecule has 0 unspecified atom stereocenters. The van der Waals surface area contributed by atoms with Crippen LogP contribution in [-0.4, -0.2) is 53.7 Å². The molecule has 0 bridgehead atoms. The number of rotatable bonds is 4. The van der Waals surface area contributed by atoms with Gasteiger partial charge < -0.3 is 10.0 Å². The Hall–Kier alpha value is -1.14. The second-order valence-corrected chi connectivity index (χ2v) is 5.08. The van der Waals surface area contributed by atoms with Crippen LogP contribution in [0.25, 0.3) is 0 Å². The molecule has 6 heteroatoms. The van der Waals surface area contributed by atoms with Crippen molar-refractivity contribution in [2.75, 3.05) is 37.6 Å². The molecule has 1 fully saturated rings. The quantitative estimate of drug-likeness (QED) is 0.871. The van der Waals surface area contributed by atoms with Crippen molar-refractivity contribution < 1.29 is 9.90 Å². The summed E-state index contributed by atoms with van der Waals surface area (Å²) < 4.78 is 0. The Bertz CT molecular complexity index is 386. The van der Waals surface area contributed by atoms with E-state index < -0.39 is 5.97 Å². The molecule has 5 nitrogen and oxygen atoms in total. The van der Waals surface area contributed by atoms with Gasteiger partial charge in [0, 0.05) is 38.1 Å². The van der Waals surface area contributed by atoms with Gasteiger partial charge in [0.1, 0.15) is 0 Å². The van der Waals surface area contributed by atoms with Crippen LogP contribution in [0.4, 0.5) is 5.13 Å². The molecule has 17 heavy (non-hydrogen) atoms. The lowest BCUT2D eigenvalue weighted by Crippen LogP contribution is -2.46. The van der Waals surface area contributed by atoms with Crippen molar-refractivity contribution in [3.05, 3.63) is 11.1 Å². The zero-order chi connectivity index (χ0) is 12.3. The van der Waals surface area contributed by atoms with Crippen LogP contribution in [0.5, 0.6) is 0 Å². The van der Waals surface area contributed by atoms with E-state index in [0.717, 1.165) is 37.0 Å². The van der Waals surface area contributed by atoms with E-state index in [9.17, 15) is 4.79 Å². The van der Waals surface area contributed by atoms with Gasteiger partial charge in [-0.1, -0.05) is 0 Å². The van der Waals surface area contributed by atoms with Gasteiger partial charge in [-0.05, 0) is 6.92 Å². The van der Waals surface area contributed by atoms with Gasteiger partial charge in [0.2, 0.25) is 0 Å². The third-order valence-corrected chi connectivity index (χ3v) is 3.91. The summed E-state index contributed by atoms with van der Waals surface area (Å²) in [4.78, 5) is 19.4. The Morgan fingerprint density at radius 2 is 2.18 bits per heavy atom. The fourth-order valence-electron chi connectivity index (χ4n) is 1.90. The van der Waals surface area contributed by atoms with Crippen LogP contribution < -0.4 is 4.90 Å². The van der Waals surface area contributed by atoms with Crippen LogP contribution in [0.15, 0.2) is 5.38 Å².